The van der Waals surface area contributed by atoms with Crippen LogP contribution in [0.25, 0.3) is 0 Å². The van der Waals surface area contributed by atoms with Gasteiger partial charge in [-0.2, -0.15) is 18.4 Å². The van der Waals surface area contributed by atoms with Crippen molar-refractivity contribution in [3.05, 3.63) is 60.0 Å². The first-order valence-electron chi connectivity index (χ1n) is 9.58. The predicted molar refractivity (Wildman–Crippen MR) is 107 cm³/mol. The molecule has 1 aromatic heterocycles. The molecule has 1 aliphatic rings. The van der Waals surface area contributed by atoms with E-state index in [0.717, 1.165) is 24.3 Å². The number of amides is 1. The molecule has 1 aliphatic carbocycles. The van der Waals surface area contributed by atoms with Crippen molar-refractivity contribution in [3.8, 4) is 6.07 Å². The van der Waals surface area contributed by atoms with Crippen molar-refractivity contribution < 1.29 is 22.4 Å². The van der Waals surface area contributed by atoms with E-state index in [-0.39, 0.29) is 12.0 Å². The number of halogens is 4. The minimum Gasteiger partial charge on any atom is -0.336 e. The van der Waals surface area contributed by atoms with E-state index in [4.69, 9.17) is 0 Å². The van der Waals surface area contributed by atoms with Crippen LogP contribution in [0.4, 0.5) is 17.6 Å². The zero-order valence-electron chi connectivity index (χ0n) is 16.3. The van der Waals surface area contributed by atoms with Gasteiger partial charge < -0.3 is 5.32 Å². The number of carbonyl (C=O) groups excluding carboxylic acids is 1. The summed E-state index contributed by atoms with van der Waals surface area (Å²) in [4.78, 5) is 16.9. The van der Waals surface area contributed by atoms with Crippen molar-refractivity contribution in [3.63, 3.8) is 0 Å². The molecular formula is C21H20F4N4OS. The Balaban J connectivity index is 1.76. The number of pyridine rings is 1. The number of aromatic nitrogens is 1. The number of rotatable bonds is 9. The van der Waals surface area contributed by atoms with Gasteiger partial charge in [0.25, 0.3) is 0 Å². The lowest BCUT2D eigenvalue weighted by atomic mass is 10.0. The van der Waals surface area contributed by atoms with Crippen LogP contribution in [0.5, 0.6) is 0 Å². The minimum absolute atomic E-state index is 0.0718. The Morgan fingerprint density at radius 3 is 2.48 bits per heavy atom. The van der Waals surface area contributed by atoms with Crippen LogP contribution in [0, 0.1) is 17.1 Å². The van der Waals surface area contributed by atoms with Gasteiger partial charge in [0.1, 0.15) is 17.4 Å². The van der Waals surface area contributed by atoms with Crippen LogP contribution in [0.2, 0.25) is 0 Å². The number of benzene rings is 1. The number of thioether (sulfide) groups is 1. The Kier molecular flexibility index (Phi) is 7.18. The average Bonchev–Trinajstić information content (AvgIpc) is 3.51. The van der Waals surface area contributed by atoms with Crippen molar-refractivity contribution in [2.24, 2.45) is 0 Å². The van der Waals surface area contributed by atoms with Gasteiger partial charge in [-0.15, -0.1) is 11.8 Å². The Labute approximate surface area is 181 Å². The highest BCUT2D eigenvalue weighted by molar-refractivity contribution is 7.99. The fourth-order valence-electron chi connectivity index (χ4n) is 2.95. The first kappa shape index (κ1) is 23.0. The molecule has 2 N–H and O–H groups in total. The van der Waals surface area contributed by atoms with Crippen molar-refractivity contribution >= 4 is 17.7 Å². The number of nitrogens with one attached hydrogen (secondary N) is 2. The van der Waals surface area contributed by atoms with Gasteiger partial charge in [0, 0.05) is 11.9 Å². The van der Waals surface area contributed by atoms with E-state index in [1.54, 1.807) is 24.4 Å². The zero-order valence-corrected chi connectivity index (χ0v) is 17.1. The summed E-state index contributed by atoms with van der Waals surface area (Å²) in [5, 5.41) is 14.9. The fraction of sp³-hybridized carbons (Fsp3) is 0.381. The molecule has 0 spiro atoms. The van der Waals surface area contributed by atoms with Crippen LogP contribution in [0.3, 0.4) is 0 Å². The molecular weight excluding hydrogens is 432 g/mol. The Morgan fingerprint density at radius 2 is 1.94 bits per heavy atom. The summed E-state index contributed by atoms with van der Waals surface area (Å²) in [6.45, 7) is 0. The summed E-state index contributed by atoms with van der Waals surface area (Å²) < 4.78 is 54.5. The number of nitrogens with zero attached hydrogens (tertiary/aromatic N) is 2. The van der Waals surface area contributed by atoms with Gasteiger partial charge >= 0.3 is 6.18 Å². The van der Waals surface area contributed by atoms with Gasteiger partial charge in [0.05, 0.1) is 17.1 Å². The Bertz CT molecular complexity index is 927. The molecule has 10 heteroatoms. The number of carbonyl (C=O) groups is 1. The van der Waals surface area contributed by atoms with Crippen LogP contribution in [-0.4, -0.2) is 34.4 Å². The van der Waals surface area contributed by atoms with Gasteiger partial charge in [-0.25, -0.2) is 9.37 Å². The second-order valence-corrected chi connectivity index (χ2v) is 8.35. The summed E-state index contributed by atoms with van der Waals surface area (Å²) in [6.07, 6.45) is -2.11. The van der Waals surface area contributed by atoms with Crippen LogP contribution in [0.15, 0.2) is 53.7 Å². The van der Waals surface area contributed by atoms with Gasteiger partial charge in [-0.1, -0.05) is 18.2 Å². The largest absolute Gasteiger partial charge is 0.407 e. The van der Waals surface area contributed by atoms with E-state index in [0.29, 0.717) is 23.6 Å². The molecule has 1 unspecified atom stereocenters. The standard InChI is InChI=1S/C21H20F4N4OS/c22-15-6-4-14(5-7-15)18(21(23,24)25)28-16(19(30)29-20(13-26)9-10-20)8-12-31-17-3-1-2-11-27-17/h1-7,11,16,18,28H,8-10,12H2,(H,29,30)/t16-,18?/m1/s1. The van der Waals surface area contributed by atoms with E-state index in [1.165, 1.54) is 11.8 Å². The fourth-order valence-corrected chi connectivity index (χ4v) is 3.83. The molecule has 31 heavy (non-hydrogen) atoms. The molecule has 1 saturated carbocycles. The molecule has 3 rings (SSSR count). The van der Waals surface area contributed by atoms with Gasteiger partial charge in [-0.05, 0) is 49.1 Å². The minimum atomic E-state index is -4.71. The SMILES string of the molecule is N#CC1(NC(=O)[C@@H](CCSc2ccccn2)NC(c2ccc(F)cc2)C(F)(F)F)CC1. The van der Waals surface area contributed by atoms with E-state index >= 15 is 0 Å². The highest BCUT2D eigenvalue weighted by Gasteiger charge is 2.47. The van der Waals surface area contributed by atoms with Crippen molar-refractivity contribution in [2.45, 2.75) is 48.1 Å². The molecule has 1 heterocycles. The third-order valence-electron chi connectivity index (χ3n) is 4.84. The molecule has 2 aromatic rings. The van der Waals surface area contributed by atoms with Crippen LogP contribution < -0.4 is 10.6 Å². The predicted octanol–water partition coefficient (Wildman–Crippen LogP) is 4.14. The third kappa shape index (κ3) is 6.42. The quantitative estimate of drug-likeness (QED) is 0.442. The lowest BCUT2D eigenvalue weighted by molar-refractivity contribution is -0.161. The first-order chi connectivity index (χ1) is 14.7. The van der Waals surface area contributed by atoms with Gasteiger partial charge in [0.15, 0.2) is 0 Å². The van der Waals surface area contributed by atoms with Gasteiger partial charge in [-0.3, -0.25) is 10.1 Å². The molecule has 1 fully saturated rings. The lowest BCUT2D eigenvalue weighted by Gasteiger charge is -2.28. The van der Waals surface area contributed by atoms with Crippen LogP contribution >= 0.6 is 11.8 Å². The second kappa shape index (κ2) is 9.66. The van der Waals surface area contributed by atoms with E-state index < -0.39 is 35.5 Å². The van der Waals surface area contributed by atoms with E-state index in [2.05, 4.69) is 15.6 Å². The zero-order chi connectivity index (χ0) is 22.5. The van der Waals surface area contributed by atoms with Crippen LogP contribution in [-0.2, 0) is 4.79 Å². The lowest BCUT2D eigenvalue weighted by Crippen LogP contribution is -2.51. The molecule has 164 valence electrons. The maximum atomic E-state index is 13.8. The van der Waals surface area contributed by atoms with Crippen molar-refractivity contribution in [2.75, 3.05) is 5.75 Å². The Hall–Kier alpha value is -2.64. The third-order valence-corrected chi connectivity index (χ3v) is 5.81. The smallest absolute Gasteiger partial charge is 0.336 e. The highest BCUT2D eigenvalue weighted by atomic mass is 32.2. The number of alkyl halides is 3. The van der Waals surface area contributed by atoms with Crippen molar-refractivity contribution in [1.29, 1.82) is 5.26 Å². The molecule has 0 bridgehead atoms. The number of nitriles is 1. The normalized spacial score (nSPS) is 16.7. The van der Waals surface area contributed by atoms with E-state index in [9.17, 15) is 27.6 Å². The van der Waals surface area contributed by atoms with Crippen molar-refractivity contribution in [1.82, 2.24) is 15.6 Å². The van der Waals surface area contributed by atoms with E-state index in [1.807, 2.05) is 6.07 Å². The molecule has 1 amide bonds. The van der Waals surface area contributed by atoms with Gasteiger partial charge in [0.2, 0.25) is 5.91 Å². The summed E-state index contributed by atoms with van der Waals surface area (Å²) in [6, 6.07) is 7.88. The molecule has 5 nitrogen and oxygen atoms in total. The number of hydrogen-bond acceptors (Lipinski definition) is 5. The summed E-state index contributed by atoms with van der Waals surface area (Å²) in [7, 11) is 0. The molecule has 0 radical (unpaired) electrons. The molecule has 1 aromatic carbocycles. The molecule has 0 aliphatic heterocycles. The summed E-state index contributed by atoms with van der Waals surface area (Å²) >= 11 is 1.31. The highest BCUT2D eigenvalue weighted by Crippen LogP contribution is 2.36. The maximum Gasteiger partial charge on any atom is 0.407 e. The molecule has 2 atom stereocenters. The summed E-state index contributed by atoms with van der Waals surface area (Å²) in [5.41, 5.74) is -1.21. The first-order valence-corrected chi connectivity index (χ1v) is 10.6. The monoisotopic (exact) mass is 452 g/mol. The summed E-state index contributed by atoms with van der Waals surface area (Å²) in [5.74, 6) is -0.997. The topological polar surface area (TPSA) is 77.8 Å². The average molecular weight is 452 g/mol. The maximum absolute atomic E-state index is 13.8. The number of hydrogen-bond donors (Lipinski definition) is 2. The Morgan fingerprint density at radius 1 is 1.23 bits per heavy atom. The second-order valence-electron chi connectivity index (χ2n) is 7.23. The van der Waals surface area contributed by atoms with Crippen LogP contribution in [0.1, 0.15) is 30.9 Å². The molecule has 0 saturated heterocycles.